The molecule has 1 saturated heterocycles. The highest BCUT2D eigenvalue weighted by Crippen LogP contribution is 2.51. The van der Waals surface area contributed by atoms with Crippen LogP contribution in [0.2, 0.25) is 5.02 Å². The van der Waals surface area contributed by atoms with Crippen LogP contribution in [0.1, 0.15) is 46.3 Å². The number of carbonyl (C=O) groups excluding carboxylic acids is 1. The first-order valence-corrected chi connectivity index (χ1v) is 11.4. The quantitative estimate of drug-likeness (QED) is 0.581. The second-order valence-corrected chi connectivity index (χ2v) is 10.3. The highest BCUT2D eigenvalue weighted by Gasteiger charge is 2.57. The number of para-hydroxylation sites is 1. The number of nitrogens with zero attached hydrogens (tertiary/aromatic N) is 6. The molecule has 1 aromatic carbocycles. The highest BCUT2D eigenvalue weighted by atomic mass is 35.5. The number of hydrogen-bond donors (Lipinski definition) is 0. The van der Waals surface area contributed by atoms with Gasteiger partial charge in [0.1, 0.15) is 11.2 Å². The van der Waals surface area contributed by atoms with Crippen LogP contribution in [-0.2, 0) is 10.2 Å². The van der Waals surface area contributed by atoms with E-state index in [1.807, 2.05) is 51.7 Å². The largest absolute Gasteiger partial charge is 0.378 e. The Morgan fingerprint density at radius 1 is 1.21 bits per heavy atom. The van der Waals surface area contributed by atoms with Gasteiger partial charge >= 0.3 is 6.03 Å². The van der Waals surface area contributed by atoms with E-state index in [0.717, 1.165) is 11.4 Å². The van der Waals surface area contributed by atoms with Gasteiger partial charge in [0.15, 0.2) is 5.70 Å². The molecular weight excluding hydrogens is 444 g/mol. The van der Waals surface area contributed by atoms with Crippen LogP contribution >= 0.6 is 11.6 Å². The van der Waals surface area contributed by atoms with Crippen LogP contribution in [0.25, 0.3) is 5.70 Å². The molecule has 0 aliphatic carbocycles. The van der Waals surface area contributed by atoms with Crippen molar-refractivity contribution in [3.8, 4) is 0 Å². The van der Waals surface area contributed by atoms with E-state index in [4.69, 9.17) is 20.9 Å². The highest BCUT2D eigenvalue weighted by molar-refractivity contribution is 6.35. The van der Waals surface area contributed by atoms with Crippen molar-refractivity contribution in [1.29, 1.82) is 0 Å². The van der Waals surface area contributed by atoms with Crippen molar-refractivity contribution >= 4 is 41.0 Å². The van der Waals surface area contributed by atoms with Crippen molar-refractivity contribution in [2.24, 2.45) is 4.99 Å². The van der Waals surface area contributed by atoms with Gasteiger partial charge in [-0.25, -0.2) is 4.79 Å². The Hall–Kier alpha value is -2.75. The molecule has 1 radical (unpaired) electrons. The van der Waals surface area contributed by atoms with Crippen molar-refractivity contribution in [1.82, 2.24) is 19.9 Å². The zero-order valence-corrected chi connectivity index (χ0v) is 20.2. The number of rotatable bonds is 1. The summed E-state index contributed by atoms with van der Waals surface area (Å²) in [5, 5.41) is 4.71. The zero-order chi connectivity index (χ0) is 23.5. The van der Waals surface area contributed by atoms with Crippen molar-refractivity contribution in [2.75, 3.05) is 31.2 Å². The molecule has 1 aromatic heterocycles. The summed E-state index contributed by atoms with van der Waals surface area (Å²) >= 11 is 6.68. The van der Waals surface area contributed by atoms with Gasteiger partial charge in [-0.1, -0.05) is 43.6 Å². The summed E-state index contributed by atoms with van der Waals surface area (Å²) in [7, 11) is 0. The van der Waals surface area contributed by atoms with Gasteiger partial charge in [-0.3, -0.25) is 4.90 Å². The number of carbonyl (C=O) groups is 1. The third-order valence-corrected chi connectivity index (χ3v) is 6.41. The van der Waals surface area contributed by atoms with Crippen LogP contribution in [0.15, 0.2) is 33.4 Å². The first-order chi connectivity index (χ1) is 15.6. The lowest BCUT2D eigenvalue weighted by Gasteiger charge is -2.44. The maximum atomic E-state index is 13.9. The first kappa shape index (κ1) is 22.1. The molecule has 0 bridgehead atoms. The van der Waals surface area contributed by atoms with E-state index in [0.29, 0.717) is 54.4 Å². The Kier molecular flexibility index (Phi) is 5.11. The molecule has 4 heterocycles. The van der Waals surface area contributed by atoms with Gasteiger partial charge in [-0.2, -0.15) is 9.98 Å². The second kappa shape index (κ2) is 7.65. The van der Waals surface area contributed by atoms with Gasteiger partial charge in [0, 0.05) is 24.6 Å². The average molecular weight is 471 g/mol. The van der Waals surface area contributed by atoms with E-state index >= 15 is 0 Å². The van der Waals surface area contributed by atoms with Gasteiger partial charge in [-0.15, -0.1) is 0 Å². The summed E-state index contributed by atoms with van der Waals surface area (Å²) in [5.41, 5.74) is 1.70. The van der Waals surface area contributed by atoms with Gasteiger partial charge in [0.05, 0.1) is 18.2 Å². The van der Waals surface area contributed by atoms with Crippen LogP contribution in [0.5, 0.6) is 0 Å². The summed E-state index contributed by atoms with van der Waals surface area (Å²) in [4.78, 5) is 28.7. The minimum Gasteiger partial charge on any atom is -0.378 e. The molecule has 0 N–H and O–H groups in total. The molecule has 173 valence electrons. The molecule has 3 aliphatic heterocycles. The van der Waals surface area contributed by atoms with Crippen LogP contribution in [0.4, 0.5) is 16.2 Å². The molecule has 3 aliphatic rings. The molecule has 0 spiro atoms. The molecular formula is C23H27ClN6O3+. The summed E-state index contributed by atoms with van der Waals surface area (Å²) in [6.07, 6.45) is 1.73. The number of halogens is 1. The fourth-order valence-corrected chi connectivity index (χ4v) is 4.69. The van der Waals surface area contributed by atoms with Crippen molar-refractivity contribution in [3.05, 3.63) is 40.6 Å². The monoisotopic (exact) mass is 470 g/mol. The van der Waals surface area contributed by atoms with Gasteiger partial charge in [0.25, 0.3) is 6.34 Å². The van der Waals surface area contributed by atoms with E-state index in [-0.39, 0.29) is 11.4 Å². The van der Waals surface area contributed by atoms with Crippen LogP contribution in [0, 0.1) is 0 Å². The topological polar surface area (TPSA) is 90.0 Å². The van der Waals surface area contributed by atoms with E-state index in [2.05, 4.69) is 15.1 Å². The summed E-state index contributed by atoms with van der Waals surface area (Å²) < 4.78 is 11.0. The molecule has 10 heteroatoms. The molecule has 0 unspecified atom stereocenters. The molecule has 1 fully saturated rings. The Bertz CT molecular complexity index is 1170. The van der Waals surface area contributed by atoms with E-state index in [1.165, 1.54) is 0 Å². The van der Waals surface area contributed by atoms with Crippen molar-refractivity contribution < 1.29 is 14.1 Å². The third-order valence-electron chi connectivity index (χ3n) is 6.11. The smallest absolute Gasteiger partial charge is 0.325 e. The number of aliphatic imine (C=N–C) groups is 1. The Labute approximate surface area is 197 Å². The van der Waals surface area contributed by atoms with Crippen LogP contribution < -0.4 is 9.80 Å². The SMILES string of the molecule is CC(C)(C)c1nc(C2=C3[N+](C=N2)c2cccc(Cl)c2N(C(=O)N2CCOCC2)C3(C)C)no1. The maximum absolute atomic E-state index is 13.9. The molecule has 0 atom stereocenters. The zero-order valence-electron chi connectivity index (χ0n) is 19.4. The molecule has 0 saturated carbocycles. The number of aromatic nitrogens is 2. The number of benzene rings is 1. The molecule has 2 amide bonds. The summed E-state index contributed by atoms with van der Waals surface area (Å²) in [6, 6.07) is 5.47. The molecule has 33 heavy (non-hydrogen) atoms. The number of fused-ring (bicyclic) bond motifs is 3. The average Bonchev–Trinajstić information content (AvgIpc) is 3.42. The Morgan fingerprint density at radius 3 is 2.61 bits per heavy atom. The number of anilines is 2. The Morgan fingerprint density at radius 2 is 1.94 bits per heavy atom. The van der Waals surface area contributed by atoms with E-state index < -0.39 is 5.54 Å². The van der Waals surface area contributed by atoms with Crippen molar-refractivity contribution in [3.63, 3.8) is 0 Å². The normalized spacial score (nSPS) is 20.3. The van der Waals surface area contributed by atoms with Crippen molar-refractivity contribution in [2.45, 2.75) is 45.6 Å². The van der Waals surface area contributed by atoms with E-state index in [9.17, 15) is 4.79 Å². The van der Waals surface area contributed by atoms with Crippen LogP contribution in [-0.4, -0.2) is 59.3 Å². The number of morpholine rings is 1. The van der Waals surface area contributed by atoms with Crippen LogP contribution in [0.3, 0.4) is 0 Å². The third kappa shape index (κ3) is 3.46. The predicted molar refractivity (Wildman–Crippen MR) is 126 cm³/mol. The molecule has 9 nitrogen and oxygen atoms in total. The minimum absolute atomic E-state index is 0.125. The summed E-state index contributed by atoms with van der Waals surface area (Å²) in [5.74, 6) is 0.920. The van der Waals surface area contributed by atoms with Gasteiger partial charge < -0.3 is 14.2 Å². The number of amides is 2. The number of ether oxygens (including phenoxy) is 1. The number of urea groups is 1. The molecule has 2 aromatic rings. The lowest BCUT2D eigenvalue weighted by molar-refractivity contribution is 0.0539. The summed E-state index contributed by atoms with van der Waals surface area (Å²) in [6.45, 7) is 12.1. The number of hydrogen-bond acceptors (Lipinski definition) is 7. The first-order valence-electron chi connectivity index (χ1n) is 11.0. The standard InChI is InChI=1S/C23H27ClN6O3/c1-22(2,3)20-26-19(27-33-20)16-18-23(4,5)30(21(31)28-9-11-32-12-10-28)17-14(24)7-6-8-15(17)29(18)13-25-16/h6-8,13H,9-12H2,1-5H3/q+1. The van der Waals surface area contributed by atoms with Gasteiger partial charge in [0.2, 0.25) is 23.1 Å². The fourth-order valence-electron chi connectivity index (χ4n) is 4.44. The lowest BCUT2D eigenvalue weighted by Crippen LogP contribution is -2.61. The lowest BCUT2D eigenvalue weighted by atomic mass is 9.90. The molecule has 5 rings (SSSR count). The fraction of sp³-hybridized carbons (Fsp3) is 0.478. The maximum Gasteiger partial charge on any atom is 0.325 e. The predicted octanol–water partition coefficient (Wildman–Crippen LogP) is 4.25. The van der Waals surface area contributed by atoms with E-state index in [1.54, 1.807) is 22.2 Å². The minimum atomic E-state index is -0.804. The second-order valence-electron chi connectivity index (χ2n) is 9.87. The van der Waals surface area contributed by atoms with Gasteiger partial charge in [-0.05, 0) is 24.8 Å². The Balaban J connectivity index is 1.68.